The second kappa shape index (κ2) is 8.77. The SMILES string of the molecule is CC(C)(O)c1cc(-c2ccc(-c3cc(C(F)(F)F)nn3-c3ccccc3Cl)s2)cc(S(C)(=O)=O)c1. The molecular weight excluding hydrogens is 521 g/mol. The van der Waals surface area contributed by atoms with Crippen LogP contribution < -0.4 is 0 Å². The highest BCUT2D eigenvalue weighted by Gasteiger charge is 2.35. The molecule has 0 atom stereocenters. The molecule has 2 heterocycles. The Balaban J connectivity index is 1.89. The number of nitrogens with zero attached hydrogens (tertiary/aromatic N) is 2. The van der Waals surface area contributed by atoms with Gasteiger partial charge in [0.15, 0.2) is 15.5 Å². The second-order valence-electron chi connectivity index (χ2n) is 8.52. The number of benzene rings is 2. The molecule has 4 aromatic rings. The summed E-state index contributed by atoms with van der Waals surface area (Å²) >= 11 is 7.41. The molecule has 35 heavy (non-hydrogen) atoms. The Hall–Kier alpha value is -2.66. The third-order valence-corrected chi connectivity index (χ3v) is 7.83. The van der Waals surface area contributed by atoms with Crippen LogP contribution in [0.15, 0.2) is 65.6 Å². The Labute approximate surface area is 209 Å². The zero-order valence-corrected chi connectivity index (χ0v) is 21.1. The van der Waals surface area contributed by atoms with Crippen molar-refractivity contribution < 1.29 is 26.7 Å². The maximum atomic E-state index is 13.5. The summed E-state index contributed by atoms with van der Waals surface area (Å²) in [5.74, 6) is 0. The number of thiophene rings is 1. The zero-order chi connectivity index (χ0) is 25.8. The second-order valence-corrected chi connectivity index (χ2v) is 12.0. The minimum atomic E-state index is -4.66. The van der Waals surface area contributed by atoms with Gasteiger partial charge < -0.3 is 5.11 Å². The van der Waals surface area contributed by atoms with Crippen LogP contribution >= 0.6 is 22.9 Å². The van der Waals surface area contributed by atoms with Gasteiger partial charge in [0.2, 0.25) is 0 Å². The highest BCUT2D eigenvalue weighted by atomic mass is 35.5. The minimum absolute atomic E-state index is 0.0301. The lowest BCUT2D eigenvalue weighted by atomic mass is 9.96. The maximum absolute atomic E-state index is 13.5. The molecule has 11 heteroatoms. The molecule has 0 radical (unpaired) electrons. The van der Waals surface area contributed by atoms with E-state index in [9.17, 15) is 26.7 Å². The van der Waals surface area contributed by atoms with Gasteiger partial charge in [-0.1, -0.05) is 23.7 Å². The fraction of sp³-hybridized carbons (Fsp3) is 0.208. The molecule has 0 bridgehead atoms. The van der Waals surface area contributed by atoms with Crippen LogP contribution in [0.1, 0.15) is 25.1 Å². The molecule has 0 aliphatic heterocycles. The molecule has 0 aliphatic carbocycles. The summed E-state index contributed by atoms with van der Waals surface area (Å²) in [5, 5.41) is 14.5. The van der Waals surface area contributed by atoms with Gasteiger partial charge in [-0.05, 0) is 73.5 Å². The summed E-state index contributed by atoms with van der Waals surface area (Å²) in [6, 6.07) is 15.3. The van der Waals surface area contributed by atoms with Gasteiger partial charge in [-0.3, -0.25) is 0 Å². The Morgan fingerprint density at radius 1 is 1.00 bits per heavy atom. The number of para-hydroxylation sites is 1. The van der Waals surface area contributed by atoms with Gasteiger partial charge >= 0.3 is 6.18 Å². The summed E-state index contributed by atoms with van der Waals surface area (Å²) in [6.45, 7) is 3.08. The quantitative estimate of drug-likeness (QED) is 0.311. The third kappa shape index (κ3) is 5.30. The van der Waals surface area contributed by atoms with Crippen LogP contribution in [0.4, 0.5) is 13.2 Å². The lowest BCUT2D eigenvalue weighted by Crippen LogP contribution is -2.16. The van der Waals surface area contributed by atoms with Gasteiger partial charge in [-0.2, -0.15) is 18.3 Å². The van der Waals surface area contributed by atoms with E-state index in [2.05, 4.69) is 5.10 Å². The highest BCUT2D eigenvalue weighted by molar-refractivity contribution is 7.90. The lowest BCUT2D eigenvalue weighted by molar-refractivity contribution is -0.141. The number of aromatic nitrogens is 2. The predicted molar refractivity (Wildman–Crippen MR) is 131 cm³/mol. The number of sulfone groups is 1. The van der Waals surface area contributed by atoms with E-state index in [1.807, 2.05) is 0 Å². The summed E-state index contributed by atoms with van der Waals surface area (Å²) in [6.07, 6.45) is -3.59. The number of hydrogen-bond donors (Lipinski definition) is 1. The van der Waals surface area contributed by atoms with Crippen LogP contribution in [0.3, 0.4) is 0 Å². The number of rotatable bonds is 5. The first-order valence-electron chi connectivity index (χ1n) is 10.3. The molecule has 0 aliphatic rings. The Bertz CT molecular complexity index is 1520. The summed E-state index contributed by atoms with van der Waals surface area (Å²) in [4.78, 5) is 1.11. The number of halogens is 4. The van der Waals surface area contributed by atoms with Gasteiger partial charge in [-0.25, -0.2) is 13.1 Å². The van der Waals surface area contributed by atoms with E-state index < -0.39 is 27.3 Å². The summed E-state index contributed by atoms with van der Waals surface area (Å²) in [7, 11) is -3.58. The number of aliphatic hydroxyl groups is 1. The minimum Gasteiger partial charge on any atom is -0.386 e. The van der Waals surface area contributed by atoms with Crippen molar-refractivity contribution in [3.63, 3.8) is 0 Å². The van der Waals surface area contributed by atoms with E-state index in [-0.39, 0.29) is 21.3 Å². The average Bonchev–Trinajstić information content (AvgIpc) is 3.40. The molecule has 1 N–H and O–H groups in total. The van der Waals surface area contributed by atoms with Crippen LogP contribution in [-0.2, 0) is 21.6 Å². The van der Waals surface area contributed by atoms with E-state index in [1.54, 1.807) is 56.3 Å². The Morgan fingerprint density at radius 3 is 2.26 bits per heavy atom. The number of alkyl halides is 3. The van der Waals surface area contributed by atoms with Crippen molar-refractivity contribution in [3.05, 3.63) is 76.9 Å². The zero-order valence-electron chi connectivity index (χ0n) is 18.8. The van der Waals surface area contributed by atoms with Gasteiger partial charge in [0.1, 0.15) is 0 Å². The van der Waals surface area contributed by atoms with Gasteiger partial charge in [0.25, 0.3) is 0 Å². The fourth-order valence-electron chi connectivity index (χ4n) is 3.44. The van der Waals surface area contributed by atoms with Gasteiger partial charge in [-0.15, -0.1) is 11.3 Å². The monoisotopic (exact) mass is 540 g/mol. The van der Waals surface area contributed by atoms with Gasteiger partial charge in [0, 0.05) is 11.1 Å². The van der Waals surface area contributed by atoms with Crippen molar-refractivity contribution in [1.29, 1.82) is 0 Å². The van der Waals surface area contributed by atoms with Crippen molar-refractivity contribution >= 4 is 32.8 Å². The first-order valence-corrected chi connectivity index (χ1v) is 13.3. The largest absolute Gasteiger partial charge is 0.435 e. The molecule has 0 saturated carbocycles. The van der Waals surface area contributed by atoms with E-state index in [0.717, 1.165) is 17.0 Å². The van der Waals surface area contributed by atoms with Crippen molar-refractivity contribution in [3.8, 4) is 26.7 Å². The highest BCUT2D eigenvalue weighted by Crippen LogP contribution is 2.40. The number of hydrogen-bond acceptors (Lipinski definition) is 5. The summed E-state index contributed by atoms with van der Waals surface area (Å²) in [5.41, 5.74) is -0.987. The normalized spacial score (nSPS) is 12.8. The van der Waals surface area contributed by atoms with Crippen LogP contribution in [-0.4, -0.2) is 29.6 Å². The maximum Gasteiger partial charge on any atom is 0.435 e. The van der Waals surface area contributed by atoms with Crippen molar-refractivity contribution in [1.82, 2.24) is 9.78 Å². The van der Waals surface area contributed by atoms with E-state index in [4.69, 9.17) is 11.6 Å². The Morgan fingerprint density at radius 2 is 1.66 bits per heavy atom. The molecule has 0 unspecified atom stereocenters. The van der Waals surface area contributed by atoms with Crippen LogP contribution in [0, 0.1) is 0 Å². The van der Waals surface area contributed by atoms with Crippen LogP contribution in [0.5, 0.6) is 0 Å². The first kappa shape index (κ1) is 25.4. The van der Waals surface area contributed by atoms with Crippen LogP contribution in [0.25, 0.3) is 26.7 Å². The molecule has 2 aromatic heterocycles. The molecule has 4 rings (SSSR count). The molecule has 0 spiro atoms. The Kier molecular flexibility index (Phi) is 6.38. The van der Waals surface area contributed by atoms with Gasteiger partial charge in [0.05, 0.1) is 31.8 Å². The molecule has 2 aromatic carbocycles. The molecular formula is C24H20ClF3N2O3S2. The molecule has 184 valence electrons. The molecule has 0 amide bonds. The standard InChI is InChI=1S/C24H20ClF3N2O3S2/c1-23(2,31)15-10-14(11-16(12-15)35(3,32)33)20-8-9-21(34-20)19-13-22(24(26,27)28)29-30(19)18-7-5-4-6-17(18)25/h4-13,31H,1-3H3. The fourth-order valence-corrected chi connectivity index (χ4v) is 5.33. The molecule has 0 saturated heterocycles. The third-order valence-electron chi connectivity index (χ3n) is 5.26. The predicted octanol–water partition coefficient (Wildman–Crippen LogP) is 6.57. The van der Waals surface area contributed by atoms with E-state index in [1.165, 1.54) is 23.5 Å². The lowest BCUT2D eigenvalue weighted by Gasteiger charge is -2.19. The first-order chi connectivity index (χ1) is 16.1. The average molecular weight is 541 g/mol. The molecule has 0 fully saturated rings. The van der Waals surface area contributed by atoms with E-state index >= 15 is 0 Å². The van der Waals surface area contributed by atoms with Crippen molar-refractivity contribution in [2.75, 3.05) is 6.26 Å². The summed E-state index contributed by atoms with van der Waals surface area (Å²) < 4.78 is 66.2. The topological polar surface area (TPSA) is 72.2 Å². The van der Waals surface area contributed by atoms with Crippen molar-refractivity contribution in [2.45, 2.75) is 30.5 Å². The smallest absolute Gasteiger partial charge is 0.386 e. The van der Waals surface area contributed by atoms with E-state index in [0.29, 0.717) is 20.9 Å². The van der Waals surface area contributed by atoms with Crippen LogP contribution in [0.2, 0.25) is 5.02 Å². The van der Waals surface area contributed by atoms with Crippen molar-refractivity contribution in [2.24, 2.45) is 0 Å². The molecule has 5 nitrogen and oxygen atoms in total.